The summed E-state index contributed by atoms with van der Waals surface area (Å²) in [4.78, 5) is 4.06. The Hall–Kier alpha value is -0.383. The Kier molecular flexibility index (Phi) is 4.75. The molecule has 0 aliphatic heterocycles. The minimum Gasteiger partial charge on any atom is -0.416 e. The average Bonchev–Trinajstić information content (AvgIpc) is 2.19. The summed E-state index contributed by atoms with van der Waals surface area (Å²) in [7, 11) is -1.62. The first-order valence-electron chi connectivity index (χ1n) is 5.97. The second kappa shape index (κ2) is 5.51. The fourth-order valence-corrected chi connectivity index (χ4v) is 2.35. The lowest BCUT2D eigenvalue weighted by Crippen LogP contribution is -2.41. The average molecular weight is 272 g/mol. The van der Waals surface area contributed by atoms with Crippen molar-refractivity contribution in [1.82, 2.24) is 4.98 Å². The molecule has 17 heavy (non-hydrogen) atoms. The zero-order valence-corrected chi connectivity index (χ0v) is 13.1. The van der Waals surface area contributed by atoms with Crippen LogP contribution in [0.1, 0.15) is 26.3 Å². The van der Waals surface area contributed by atoms with Gasteiger partial charge in [-0.05, 0) is 36.2 Å². The molecule has 0 aliphatic rings. The topological polar surface area (TPSA) is 22.1 Å². The maximum Gasteiger partial charge on any atom is 0.191 e. The number of pyridine rings is 1. The highest BCUT2D eigenvalue weighted by atomic mass is 35.5. The molecule has 0 saturated heterocycles. The van der Waals surface area contributed by atoms with Crippen LogP contribution >= 0.6 is 11.6 Å². The molecule has 0 bridgehead atoms. The zero-order chi connectivity index (χ0) is 13.1. The fourth-order valence-electron chi connectivity index (χ4n) is 1.19. The number of aromatic nitrogens is 1. The van der Waals surface area contributed by atoms with E-state index in [-0.39, 0.29) is 5.04 Å². The molecule has 1 heterocycles. The summed E-state index contributed by atoms with van der Waals surface area (Å²) in [6, 6.07) is 3.83. The third-order valence-corrected chi connectivity index (χ3v) is 8.21. The fraction of sp³-hybridized carbons (Fsp3) is 0.615. The van der Waals surface area contributed by atoms with Crippen LogP contribution < -0.4 is 0 Å². The van der Waals surface area contributed by atoms with E-state index in [1.165, 1.54) is 5.56 Å². The number of halogens is 1. The van der Waals surface area contributed by atoms with Crippen molar-refractivity contribution in [2.24, 2.45) is 0 Å². The molecule has 0 unspecified atom stereocenters. The van der Waals surface area contributed by atoms with Crippen LogP contribution in [0.3, 0.4) is 0 Å². The van der Waals surface area contributed by atoms with Crippen LogP contribution in [-0.4, -0.2) is 19.9 Å². The summed E-state index contributed by atoms with van der Waals surface area (Å²) in [5.74, 6) is 0. The van der Waals surface area contributed by atoms with Gasteiger partial charge in [-0.2, -0.15) is 0 Å². The maximum absolute atomic E-state index is 6.11. The minimum atomic E-state index is -1.62. The van der Waals surface area contributed by atoms with E-state index >= 15 is 0 Å². The van der Waals surface area contributed by atoms with E-state index in [4.69, 9.17) is 16.0 Å². The molecule has 1 rings (SSSR count). The van der Waals surface area contributed by atoms with Gasteiger partial charge in [0.25, 0.3) is 0 Å². The Bertz CT molecular complexity index is 357. The number of hydrogen-bond donors (Lipinski definition) is 0. The van der Waals surface area contributed by atoms with Crippen LogP contribution in [0.25, 0.3) is 0 Å². The summed E-state index contributed by atoms with van der Waals surface area (Å²) >= 11 is 5.74. The lowest BCUT2D eigenvalue weighted by atomic mass is 10.2. The molecule has 96 valence electrons. The van der Waals surface area contributed by atoms with E-state index in [0.717, 1.165) is 13.0 Å². The van der Waals surface area contributed by atoms with Gasteiger partial charge in [-0.3, -0.25) is 0 Å². The molecule has 2 nitrogen and oxygen atoms in total. The van der Waals surface area contributed by atoms with Crippen LogP contribution in [-0.2, 0) is 10.8 Å². The molecule has 4 heteroatoms. The molecular weight excluding hydrogens is 250 g/mol. The molecule has 0 atom stereocenters. The quantitative estimate of drug-likeness (QED) is 0.602. The minimum absolute atomic E-state index is 0.269. The van der Waals surface area contributed by atoms with Crippen molar-refractivity contribution in [3.05, 3.63) is 29.0 Å². The van der Waals surface area contributed by atoms with Crippen molar-refractivity contribution < 1.29 is 4.43 Å². The number of rotatable bonds is 4. The summed E-state index contributed by atoms with van der Waals surface area (Å²) in [5.41, 5.74) is 1.17. The molecule has 0 saturated carbocycles. The van der Waals surface area contributed by atoms with Crippen molar-refractivity contribution in [3.63, 3.8) is 0 Å². The highest BCUT2D eigenvalue weighted by molar-refractivity contribution is 6.74. The Morgan fingerprint density at radius 2 is 1.94 bits per heavy atom. The predicted molar refractivity (Wildman–Crippen MR) is 76.1 cm³/mol. The first kappa shape index (κ1) is 14.7. The van der Waals surface area contributed by atoms with Gasteiger partial charge < -0.3 is 4.43 Å². The van der Waals surface area contributed by atoms with Crippen LogP contribution in [0.2, 0.25) is 23.3 Å². The zero-order valence-electron chi connectivity index (χ0n) is 11.4. The maximum atomic E-state index is 6.11. The van der Waals surface area contributed by atoms with E-state index < -0.39 is 8.32 Å². The van der Waals surface area contributed by atoms with Gasteiger partial charge in [0.1, 0.15) is 5.15 Å². The number of nitrogens with zero attached hydrogens (tertiary/aromatic N) is 1. The Balaban J connectivity index is 2.45. The van der Waals surface area contributed by atoms with Gasteiger partial charge in [0.05, 0.1) is 0 Å². The molecular formula is C13H22ClNOSi. The smallest absolute Gasteiger partial charge is 0.191 e. The molecule has 0 N–H and O–H groups in total. The first-order valence-corrected chi connectivity index (χ1v) is 9.25. The van der Waals surface area contributed by atoms with Gasteiger partial charge in [-0.15, -0.1) is 0 Å². The van der Waals surface area contributed by atoms with E-state index in [9.17, 15) is 0 Å². The van der Waals surface area contributed by atoms with Crippen LogP contribution in [0.15, 0.2) is 18.3 Å². The van der Waals surface area contributed by atoms with Crippen molar-refractivity contribution in [2.75, 3.05) is 6.61 Å². The third kappa shape index (κ3) is 4.41. The SMILES string of the molecule is CC(C)(C)[Si](C)(C)OCCc1ccc(Cl)nc1. The third-order valence-electron chi connectivity index (χ3n) is 3.45. The molecule has 0 aliphatic carbocycles. The molecule has 0 amide bonds. The molecule has 1 aromatic heterocycles. The molecule has 1 aromatic rings. The van der Waals surface area contributed by atoms with Crippen LogP contribution in [0.4, 0.5) is 0 Å². The largest absolute Gasteiger partial charge is 0.416 e. The van der Waals surface area contributed by atoms with Gasteiger partial charge in [-0.25, -0.2) is 4.98 Å². The van der Waals surface area contributed by atoms with Gasteiger partial charge in [0.15, 0.2) is 8.32 Å². The van der Waals surface area contributed by atoms with E-state index in [2.05, 4.69) is 38.8 Å². The lowest BCUT2D eigenvalue weighted by Gasteiger charge is -2.36. The van der Waals surface area contributed by atoms with Gasteiger partial charge in [0, 0.05) is 12.8 Å². The van der Waals surface area contributed by atoms with E-state index in [1.807, 2.05) is 18.3 Å². The summed E-state index contributed by atoms with van der Waals surface area (Å²) in [6.07, 6.45) is 2.72. The van der Waals surface area contributed by atoms with Crippen molar-refractivity contribution >= 4 is 19.9 Å². The van der Waals surface area contributed by atoms with Crippen molar-refractivity contribution in [3.8, 4) is 0 Å². The molecule has 0 radical (unpaired) electrons. The second-order valence-electron chi connectivity index (χ2n) is 5.85. The Morgan fingerprint density at radius 3 is 2.41 bits per heavy atom. The standard InChI is InChI=1S/C13H22ClNOSi/c1-13(2,3)17(4,5)16-9-8-11-6-7-12(14)15-10-11/h6-7,10H,8-9H2,1-5H3. The normalized spacial score (nSPS) is 12.8. The first-order chi connectivity index (χ1) is 7.72. The summed E-state index contributed by atoms with van der Waals surface area (Å²) in [5, 5.41) is 0.810. The Labute approximate surface area is 110 Å². The van der Waals surface area contributed by atoms with Crippen molar-refractivity contribution in [1.29, 1.82) is 0 Å². The van der Waals surface area contributed by atoms with Gasteiger partial charge >= 0.3 is 0 Å². The van der Waals surface area contributed by atoms with Crippen LogP contribution in [0.5, 0.6) is 0 Å². The molecule has 0 fully saturated rings. The number of hydrogen-bond acceptors (Lipinski definition) is 2. The van der Waals surface area contributed by atoms with E-state index in [1.54, 1.807) is 0 Å². The monoisotopic (exact) mass is 271 g/mol. The summed E-state index contributed by atoms with van der Waals surface area (Å²) in [6.45, 7) is 12.1. The molecule has 0 spiro atoms. The predicted octanol–water partition coefficient (Wildman–Crippen LogP) is 4.30. The van der Waals surface area contributed by atoms with Crippen molar-refractivity contribution in [2.45, 2.75) is 45.3 Å². The molecule has 0 aromatic carbocycles. The Morgan fingerprint density at radius 1 is 1.29 bits per heavy atom. The van der Waals surface area contributed by atoms with Crippen LogP contribution in [0, 0.1) is 0 Å². The highest BCUT2D eigenvalue weighted by Crippen LogP contribution is 2.36. The lowest BCUT2D eigenvalue weighted by molar-refractivity contribution is 0.292. The highest BCUT2D eigenvalue weighted by Gasteiger charge is 2.36. The van der Waals surface area contributed by atoms with Gasteiger partial charge in [-0.1, -0.05) is 38.4 Å². The second-order valence-corrected chi connectivity index (χ2v) is 11.0. The van der Waals surface area contributed by atoms with Gasteiger partial charge in [0.2, 0.25) is 0 Å². The summed E-state index contributed by atoms with van der Waals surface area (Å²) < 4.78 is 6.11. The van der Waals surface area contributed by atoms with E-state index in [0.29, 0.717) is 5.15 Å².